The largest absolute Gasteiger partial charge is 0.417 e. The molecule has 0 radical (unpaired) electrons. The number of anilines is 1. The molecule has 656 valence electrons. The van der Waals surface area contributed by atoms with Crippen molar-refractivity contribution in [2.45, 2.75) is 31.1 Å². The molecule has 1 aliphatic carbocycles. The molecule has 0 saturated carbocycles. The standard InChI is InChI=1S/C113H63F12N9S2/c114-110(115,116)74-44-48-78(92(61-74)112(120,121)122)68-40-51-95-88(56-68)89-57-69(79-49-45-75(111(117,118)119)62-93(79)113(123,124)125)41-52-96(89)133(95)97-53-42-71(81-33-20-35-87-85-31-15-18-38-101(85)136-103(81)87)59-91(97)107-130-108(66-25-9-3-10-26-66)132(109(131-107)67-27-11-4-12-28-67)76-46-50-77(73(55-76)63-126)72-39-47-83-82-29-13-16-36-94(82)134(99(83)60-72)98-54-43-70(80-32-19-34-86-84-30-14-17-37-100(84)135-102(80)86)58-90(98)106-128-104(64-21-5-1-6-22-64)127-105(129-106)65-23-7-2-8-24-65/h1-27,29-62H,28H2. The Bertz CT molecular complexity index is 8600. The van der Waals surface area contributed by atoms with Crippen LogP contribution in [0.3, 0.4) is 0 Å². The van der Waals surface area contributed by atoms with Crippen molar-refractivity contribution < 1.29 is 52.7 Å². The number of benzene rings is 16. The van der Waals surface area contributed by atoms with Gasteiger partial charge in [-0.1, -0.05) is 261 Å². The molecular formula is C113H63F12N9S2. The maximum absolute atomic E-state index is 15.4. The van der Waals surface area contributed by atoms with Gasteiger partial charge in [-0.2, -0.15) is 57.9 Å². The molecule has 136 heavy (non-hydrogen) atoms. The van der Waals surface area contributed by atoms with E-state index in [1.165, 1.54) is 36.4 Å². The van der Waals surface area contributed by atoms with Crippen molar-refractivity contribution in [2.75, 3.05) is 4.90 Å². The van der Waals surface area contributed by atoms with Crippen LogP contribution in [0.25, 0.3) is 185 Å². The number of para-hydroxylation sites is 1. The van der Waals surface area contributed by atoms with E-state index in [9.17, 15) is 31.6 Å². The summed E-state index contributed by atoms with van der Waals surface area (Å²) >= 11 is 3.32. The van der Waals surface area contributed by atoms with E-state index in [1.54, 1.807) is 27.2 Å². The summed E-state index contributed by atoms with van der Waals surface area (Å²) in [6, 6.07) is 103. The van der Waals surface area contributed by atoms with Crippen molar-refractivity contribution in [3.63, 3.8) is 0 Å². The summed E-state index contributed by atoms with van der Waals surface area (Å²) in [6.45, 7) is 0. The van der Waals surface area contributed by atoms with Gasteiger partial charge < -0.3 is 9.13 Å². The molecule has 0 saturated heterocycles. The summed E-state index contributed by atoms with van der Waals surface area (Å²) in [7, 11) is 0. The summed E-state index contributed by atoms with van der Waals surface area (Å²) in [5, 5.41) is 18.2. The Balaban J connectivity index is 0.719. The Morgan fingerprint density at radius 2 is 0.757 bits per heavy atom. The average molecular weight is 1840 g/mol. The predicted molar refractivity (Wildman–Crippen MR) is 521 cm³/mol. The van der Waals surface area contributed by atoms with Gasteiger partial charge in [0.25, 0.3) is 0 Å². The maximum atomic E-state index is 15.4. The molecule has 16 aromatic carbocycles. The Kier molecular flexibility index (Phi) is 20.0. The first-order chi connectivity index (χ1) is 65.9. The molecule has 9 nitrogen and oxygen atoms in total. The number of nitriles is 1. The highest BCUT2D eigenvalue weighted by molar-refractivity contribution is 7.26. The van der Waals surface area contributed by atoms with Crippen LogP contribution in [-0.4, -0.2) is 35.8 Å². The first-order valence-electron chi connectivity index (χ1n) is 43.2. The molecule has 5 aromatic heterocycles. The zero-order chi connectivity index (χ0) is 92.8. The van der Waals surface area contributed by atoms with Gasteiger partial charge in [-0.25, -0.2) is 24.9 Å². The lowest BCUT2D eigenvalue weighted by molar-refractivity contribution is -0.144. The van der Waals surface area contributed by atoms with E-state index >= 15 is 26.3 Å². The zero-order valence-electron chi connectivity index (χ0n) is 70.8. The van der Waals surface area contributed by atoms with Crippen LogP contribution in [-0.2, 0) is 24.7 Å². The van der Waals surface area contributed by atoms with Crippen molar-refractivity contribution in [2.24, 2.45) is 9.98 Å². The molecular weight excluding hydrogens is 1780 g/mol. The van der Waals surface area contributed by atoms with E-state index in [0.29, 0.717) is 110 Å². The highest BCUT2D eigenvalue weighted by Crippen LogP contribution is 2.51. The summed E-state index contributed by atoms with van der Waals surface area (Å²) in [4.78, 5) is 29.2. The van der Waals surface area contributed by atoms with Gasteiger partial charge >= 0.3 is 24.7 Å². The van der Waals surface area contributed by atoms with Gasteiger partial charge in [-0.15, -0.1) is 22.7 Å². The fourth-order valence-corrected chi connectivity index (χ4v) is 21.4. The van der Waals surface area contributed by atoms with Crippen LogP contribution in [0, 0.1) is 11.3 Å². The van der Waals surface area contributed by atoms with Crippen molar-refractivity contribution >= 4 is 124 Å². The molecule has 2 aliphatic rings. The number of hydrogen-bond acceptors (Lipinski definition) is 9. The van der Waals surface area contributed by atoms with E-state index in [4.69, 9.17) is 24.9 Å². The molecule has 0 atom stereocenters. The normalized spacial score (nSPS) is 13.9. The number of hydrogen-bond donors (Lipinski definition) is 0. The predicted octanol–water partition coefficient (Wildman–Crippen LogP) is 32.5. The number of amidine groups is 2. The third-order valence-corrected chi connectivity index (χ3v) is 27.6. The Hall–Kier alpha value is -16.4. The monoisotopic (exact) mass is 1840 g/mol. The number of allylic oxidation sites excluding steroid dienone is 5. The van der Waals surface area contributed by atoms with E-state index in [0.717, 1.165) is 95.7 Å². The van der Waals surface area contributed by atoms with Crippen molar-refractivity contribution in [1.29, 1.82) is 5.26 Å². The second-order valence-electron chi connectivity index (χ2n) is 33.2. The summed E-state index contributed by atoms with van der Waals surface area (Å²) in [6.07, 6.45) is -13.0. The fourth-order valence-electron chi connectivity index (χ4n) is 18.9. The molecule has 0 spiro atoms. The maximum Gasteiger partial charge on any atom is 0.417 e. The minimum Gasteiger partial charge on any atom is -0.308 e. The van der Waals surface area contributed by atoms with Crippen LogP contribution in [0.2, 0.25) is 0 Å². The quantitative estimate of drug-likeness (QED) is 0.107. The highest BCUT2D eigenvalue weighted by atomic mass is 32.1. The van der Waals surface area contributed by atoms with Gasteiger partial charge in [-0.05, 0) is 177 Å². The number of alkyl halides is 12. The summed E-state index contributed by atoms with van der Waals surface area (Å²) in [5.74, 6) is 2.20. The fraction of sp³-hybridized carbons (Fsp3) is 0.0442. The van der Waals surface area contributed by atoms with Gasteiger partial charge in [0.1, 0.15) is 11.7 Å². The molecule has 6 heterocycles. The number of halogens is 12. The molecule has 21 aromatic rings. The Morgan fingerprint density at radius 3 is 1.29 bits per heavy atom. The Labute approximate surface area is 774 Å². The summed E-state index contributed by atoms with van der Waals surface area (Å²) in [5.41, 5.74) is 4.50. The first-order valence-corrected chi connectivity index (χ1v) is 44.8. The van der Waals surface area contributed by atoms with Gasteiger partial charge in [-0.3, -0.25) is 4.90 Å². The van der Waals surface area contributed by atoms with E-state index in [-0.39, 0.29) is 56.5 Å². The van der Waals surface area contributed by atoms with Gasteiger partial charge in [0.2, 0.25) is 0 Å². The molecule has 23 heteroatoms. The third-order valence-electron chi connectivity index (χ3n) is 25.2. The smallest absolute Gasteiger partial charge is 0.308 e. The molecule has 0 bridgehead atoms. The number of fused-ring (bicyclic) bond motifs is 12. The number of nitrogens with zero attached hydrogens (tertiary/aromatic N) is 9. The summed E-state index contributed by atoms with van der Waals surface area (Å²) < 4.78 is 187. The van der Waals surface area contributed by atoms with Crippen LogP contribution in [0.15, 0.2) is 391 Å². The number of thiophene rings is 2. The van der Waals surface area contributed by atoms with E-state index in [1.807, 2.05) is 217 Å². The first kappa shape index (κ1) is 83.9. The van der Waals surface area contributed by atoms with Gasteiger partial charge in [0.05, 0.1) is 73.0 Å². The topological polar surface area (TPSA) is 100 Å². The van der Waals surface area contributed by atoms with Crippen molar-refractivity contribution in [1.82, 2.24) is 24.1 Å². The number of aromatic nitrogens is 5. The van der Waals surface area contributed by atoms with Crippen LogP contribution in [0.1, 0.15) is 45.4 Å². The zero-order valence-corrected chi connectivity index (χ0v) is 72.4. The second kappa shape index (κ2) is 32.5. The van der Waals surface area contributed by atoms with Gasteiger partial charge in [0.15, 0.2) is 23.3 Å². The van der Waals surface area contributed by atoms with Crippen LogP contribution >= 0.6 is 22.7 Å². The Morgan fingerprint density at radius 1 is 0.309 bits per heavy atom. The lowest BCUT2D eigenvalue weighted by atomic mass is 9.94. The van der Waals surface area contributed by atoms with Crippen LogP contribution in [0.4, 0.5) is 58.4 Å². The van der Waals surface area contributed by atoms with E-state index < -0.39 is 58.1 Å². The molecule has 23 rings (SSSR count). The number of aliphatic imine (C=N–C) groups is 2. The minimum absolute atomic E-state index is 0.0173. The molecule has 1 aliphatic heterocycles. The third kappa shape index (κ3) is 14.6. The van der Waals surface area contributed by atoms with Gasteiger partial charge in [0, 0.05) is 89.7 Å². The number of rotatable bonds is 13. The minimum atomic E-state index is -5.35. The lowest BCUT2D eigenvalue weighted by Crippen LogP contribution is -2.36. The molecule has 0 amide bonds. The molecule has 0 unspecified atom stereocenters. The van der Waals surface area contributed by atoms with Crippen LogP contribution in [0.5, 0.6) is 0 Å². The van der Waals surface area contributed by atoms with E-state index in [2.05, 4.69) is 95.6 Å². The molecule has 0 fully saturated rings. The SMILES string of the molecule is N#Cc1cc(N2C(c3ccccc3)=NC(c3cc(-c4cccc5c4sc4ccccc45)ccc3-n3c4ccc(-c5ccc(C(F)(F)F)cc5C(F)(F)F)cc4c4cc(-c5ccc(C(F)(F)F)cc5C(F)(F)F)ccc43)=NC2=C2C=CC=CC2)ccc1-c1ccc2c3ccccc3n(-c3ccc(-c4cccc5c4sc4ccccc45)cc3-c3nc(-c4ccccc4)nc(-c4ccccc4)n3)c2c1. The highest BCUT2D eigenvalue weighted by Gasteiger charge is 2.42. The second-order valence-corrected chi connectivity index (χ2v) is 35.3. The van der Waals surface area contributed by atoms with Crippen molar-refractivity contribution in [3.05, 3.63) is 420 Å². The van der Waals surface area contributed by atoms with Crippen LogP contribution < -0.4 is 4.90 Å². The lowest BCUT2D eigenvalue weighted by Gasteiger charge is -2.32. The van der Waals surface area contributed by atoms with Crippen molar-refractivity contribution in [3.8, 4) is 107 Å². The average Bonchev–Trinajstić information content (AvgIpc) is 1.54. The molecule has 0 N–H and O–H groups in total.